The van der Waals surface area contributed by atoms with Crippen molar-refractivity contribution in [3.63, 3.8) is 0 Å². The van der Waals surface area contributed by atoms with Crippen LogP contribution in [0.15, 0.2) is 46.0 Å². The van der Waals surface area contributed by atoms with Crippen molar-refractivity contribution in [3.8, 4) is 0 Å². The molecule has 1 amide bonds. The predicted octanol–water partition coefficient (Wildman–Crippen LogP) is 2.93. The number of piperidine rings is 1. The van der Waals surface area contributed by atoms with Gasteiger partial charge in [0.2, 0.25) is 15.9 Å². The van der Waals surface area contributed by atoms with Gasteiger partial charge in [0.25, 0.3) is 0 Å². The summed E-state index contributed by atoms with van der Waals surface area (Å²) in [6, 6.07) is 6.45. The molecule has 7 nitrogen and oxygen atoms in total. The Labute approximate surface area is 165 Å². The zero-order chi connectivity index (χ0) is 18.7. The van der Waals surface area contributed by atoms with Crippen molar-refractivity contribution in [2.24, 2.45) is 5.92 Å². The van der Waals surface area contributed by atoms with Crippen LogP contribution in [0.5, 0.6) is 0 Å². The van der Waals surface area contributed by atoms with Crippen molar-refractivity contribution >= 4 is 49.3 Å². The van der Waals surface area contributed by atoms with Gasteiger partial charge in [-0.25, -0.2) is 18.4 Å². The van der Waals surface area contributed by atoms with E-state index in [-0.39, 0.29) is 35.0 Å². The Morgan fingerprint density at radius 1 is 1.23 bits per heavy atom. The minimum Gasteiger partial charge on any atom is -0.310 e. The van der Waals surface area contributed by atoms with Crippen LogP contribution in [0.2, 0.25) is 5.15 Å². The number of halogens is 2. The van der Waals surface area contributed by atoms with Crippen LogP contribution in [0.1, 0.15) is 12.8 Å². The molecule has 0 aromatic carbocycles. The Morgan fingerprint density at radius 2 is 1.96 bits per heavy atom. The van der Waals surface area contributed by atoms with Crippen molar-refractivity contribution in [1.29, 1.82) is 0 Å². The number of anilines is 1. The lowest BCUT2D eigenvalue weighted by Gasteiger charge is -2.30. The van der Waals surface area contributed by atoms with E-state index in [0.29, 0.717) is 18.7 Å². The molecule has 2 aromatic rings. The molecule has 138 valence electrons. The van der Waals surface area contributed by atoms with Gasteiger partial charge in [-0.1, -0.05) is 11.6 Å². The van der Waals surface area contributed by atoms with Crippen LogP contribution >= 0.6 is 27.5 Å². The number of sulfonamides is 1. The van der Waals surface area contributed by atoms with Crippen LogP contribution in [-0.4, -0.2) is 41.7 Å². The summed E-state index contributed by atoms with van der Waals surface area (Å²) in [5, 5.41) is 2.72. The number of amides is 1. The zero-order valence-corrected chi connectivity index (χ0v) is 16.8. The molecule has 1 fully saturated rings. The average Bonchev–Trinajstić information content (AvgIpc) is 2.64. The number of hydrogen-bond donors (Lipinski definition) is 1. The second kappa shape index (κ2) is 7.99. The topological polar surface area (TPSA) is 92.3 Å². The van der Waals surface area contributed by atoms with Crippen molar-refractivity contribution < 1.29 is 13.2 Å². The third kappa shape index (κ3) is 4.22. The molecule has 0 atom stereocenters. The first-order valence-corrected chi connectivity index (χ1v) is 10.5. The van der Waals surface area contributed by atoms with Crippen molar-refractivity contribution in [3.05, 3.63) is 46.3 Å². The Hall–Kier alpha value is -1.55. The van der Waals surface area contributed by atoms with Gasteiger partial charge < -0.3 is 5.32 Å². The molecule has 26 heavy (non-hydrogen) atoms. The fourth-order valence-electron chi connectivity index (χ4n) is 2.74. The third-order valence-electron chi connectivity index (χ3n) is 4.15. The van der Waals surface area contributed by atoms with E-state index in [1.54, 1.807) is 18.3 Å². The molecular formula is C16H16BrClN4O3S. The van der Waals surface area contributed by atoms with Gasteiger partial charge in [-0.05, 0) is 53.0 Å². The minimum absolute atomic E-state index is 0.0105. The van der Waals surface area contributed by atoms with E-state index in [1.165, 1.54) is 22.6 Å². The van der Waals surface area contributed by atoms with E-state index in [1.807, 2.05) is 0 Å². The number of nitrogens with one attached hydrogen (secondary N) is 1. The van der Waals surface area contributed by atoms with Crippen LogP contribution < -0.4 is 5.32 Å². The lowest BCUT2D eigenvalue weighted by molar-refractivity contribution is -0.120. The lowest BCUT2D eigenvalue weighted by atomic mass is 9.97. The summed E-state index contributed by atoms with van der Waals surface area (Å²) < 4.78 is 27.6. The average molecular weight is 460 g/mol. The molecule has 0 saturated carbocycles. The summed E-state index contributed by atoms with van der Waals surface area (Å²) in [4.78, 5) is 20.3. The van der Waals surface area contributed by atoms with Gasteiger partial charge in [0.15, 0.2) is 0 Å². The van der Waals surface area contributed by atoms with E-state index < -0.39 is 10.0 Å². The number of aromatic nitrogens is 2. The highest BCUT2D eigenvalue weighted by atomic mass is 79.9. The number of hydrogen-bond acceptors (Lipinski definition) is 5. The standard InChI is InChI=1S/C16H16BrClN4O3S/c17-12-3-4-14(20-10-12)21-16(23)11-5-8-22(9-6-11)26(24,25)13-2-1-7-19-15(13)18/h1-4,7,10-11H,5-6,8-9H2,(H,20,21,23). The molecule has 3 rings (SSSR count). The second-order valence-electron chi connectivity index (χ2n) is 5.82. The Morgan fingerprint density at radius 3 is 2.58 bits per heavy atom. The van der Waals surface area contributed by atoms with E-state index in [2.05, 4.69) is 31.2 Å². The normalized spacial score (nSPS) is 16.4. The summed E-state index contributed by atoms with van der Waals surface area (Å²) in [5.41, 5.74) is 0. The molecule has 3 heterocycles. The summed E-state index contributed by atoms with van der Waals surface area (Å²) in [7, 11) is -3.72. The number of carbonyl (C=O) groups is 1. The van der Waals surface area contributed by atoms with Gasteiger partial charge in [0.05, 0.1) is 0 Å². The highest BCUT2D eigenvalue weighted by Crippen LogP contribution is 2.27. The van der Waals surface area contributed by atoms with Crippen LogP contribution in [0, 0.1) is 5.92 Å². The van der Waals surface area contributed by atoms with Gasteiger partial charge in [-0.3, -0.25) is 4.79 Å². The number of carbonyl (C=O) groups excluding carboxylic acids is 1. The zero-order valence-electron chi connectivity index (χ0n) is 13.6. The molecular weight excluding hydrogens is 444 g/mol. The number of pyridine rings is 2. The van der Waals surface area contributed by atoms with Crippen LogP contribution in [0.25, 0.3) is 0 Å². The van der Waals surface area contributed by atoms with Crippen LogP contribution in [-0.2, 0) is 14.8 Å². The van der Waals surface area contributed by atoms with Gasteiger partial charge in [-0.15, -0.1) is 0 Å². The molecule has 0 bridgehead atoms. The number of nitrogens with zero attached hydrogens (tertiary/aromatic N) is 3. The molecule has 0 spiro atoms. The highest BCUT2D eigenvalue weighted by molar-refractivity contribution is 9.10. The van der Waals surface area contributed by atoms with Crippen molar-refractivity contribution in [1.82, 2.24) is 14.3 Å². The molecule has 1 N–H and O–H groups in total. The third-order valence-corrected chi connectivity index (χ3v) is 6.96. The van der Waals surface area contributed by atoms with E-state index in [9.17, 15) is 13.2 Å². The Kier molecular flexibility index (Phi) is 5.91. The van der Waals surface area contributed by atoms with Crippen molar-refractivity contribution in [2.45, 2.75) is 17.7 Å². The minimum atomic E-state index is -3.72. The van der Waals surface area contributed by atoms with Crippen molar-refractivity contribution in [2.75, 3.05) is 18.4 Å². The van der Waals surface area contributed by atoms with Gasteiger partial charge >= 0.3 is 0 Å². The maximum Gasteiger partial charge on any atom is 0.246 e. The van der Waals surface area contributed by atoms with Crippen LogP contribution in [0.3, 0.4) is 0 Å². The van der Waals surface area contributed by atoms with E-state index in [4.69, 9.17) is 11.6 Å². The molecule has 2 aromatic heterocycles. The summed E-state index contributed by atoms with van der Waals surface area (Å²) in [6.45, 7) is 0.499. The smallest absolute Gasteiger partial charge is 0.246 e. The van der Waals surface area contributed by atoms with E-state index in [0.717, 1.165) is 4.47 Å². The summed E-state index contributed by atoms with van der Waals surface area (Å²) in [5.74, 6) is 0.0444. The molecule has 1 aliphatic rings. The number of rotatable bonds is 4. The van der Waals surface area contributed by atoms with E-state index >= 15 is 0 Å². The molecule has 1 aliphatic heterocycles. The molecule has 1 saturated heterocycles. The maximum atomic E-state index is 12.7. The molecule has 10 heteroatoms. The molecule has 0 unspecified atom stereocenters. The lowest BCUT2D eigenvalue weighted by Crippen LogP contribution is -2.41. The fraction of sp³-hybridized carbons (Fsp3) is 0.312. The van der Waals surface area contributed by atoms with Crippen LogP contribution in [0.4, 0.5) is 5.82 Å². The Balaban J connectivity index is 1.62. The Bertz CT molecular complexity index is 900. The highest BCUT2D eigenvalue weighted by Gasteiger charge is 2.33. The monoisotopic (exact) mass is 458 g/mol. The van der Waals surface area contributed by atoms with Gasteiger partial charge in [0, 0.05) is 35.9 Å². The predicted molar refractivity (Wildman–Crippen MR) is 101 cm³/mol. The second-order valence-corrected chi connectivity index (χ2v) is 9.00. The SMILES string of the molecule is O=C(Nc1ccc(Br)cn1)C1CCN(S(=O)(=O)c2cccnc2Cl)CC1. The largest absolute Gasteiger partial charge is 0.310 e. The first kappa shape index (κ1) is 19.2. The first-order chi connectivity index (χ1) is 12.4. The first-order valence-electron chi connectivity index (χ1n) is 7.91. The quantitative estimate of drug-likeness (QED) is 0.710. The maximum absolute atomic E-state index is 12.7. The van der Waals surface area contributed by atoms with Gasteiger partial charge in [0.1, 0.15) is 15.9 Å². The summed E-state index contributed by atoms with van der Waals surface area (Å²) in [6.07, 6.45) is 3.90. The molecule has 0 aliphatic carbocycles. The van der Waals surface area contributed by atoms with Gasteiger partial charge in [-0.2, -0.15) is 4.31 Å². The fourth-order valence-corrected chi connectivity index (χ4v) is 4.87. The molecule has 0 radical (unpaired) electrons. The summed E-state index contributed by atoms with van der Waals surface area (Å²) >= 11 is 9.20.